The summed E-state index contributed by atoms with van der Waals surface area (Å²) in [5.41, 5.74) is 1.82. The number of methoxy groups -OCH3 is 1. The zero-order valence-corrected chi connectivity index (χ0v) is 13.2. The number of aryl methyl sites for hydroxylation is 1. The van der Waals surface area contributed by atoms with Crippen LogP contribution in [0.2, 0.25) is 5.02 Å². The van der Waals surface area contributed by atoms with Crippen LogP contribution >= 0.6 is 11.6 Å². The number of amides is 2. The first-order valence-electron chi connectivity index (χ1n) is 7.11. The zero-order chi connectivity index (χ0) is 15.8. The van der Waals surface area contributed by atoms with Crippen molar-refractivity contribution in [3.8, 4) is 5.75 Å². The van der Waals surface area contributed by atoms with Gasteiger partial charge in [-0.2, -0.15) is 0 Å². The van der Waals surface area contributed by atoms with Crippen LogP contribution in [-0.4, -0.2) is 19.7 Å². The molecule has 0 bridgehead atoms. The summed E-state index contributed by atoms with van der Waals surface area (Å²) in [4.78, 5) is 11.8. The van der Waals surface area contributed by atoms with Gasteiger partial charge in [0.2, 0.25) is 0 Å². The van der Waals surface area contributed by atoms with E-state index in [1.54, 1.807) is 31.4 Å². The molecule has 0 aliphatic heterocycles. The molecule has 0 saturated carbocycles. The first-order valence-corrected chi connectivity index (χ1v) is 7.49. The Hall–Kier alpha value is -2.20. The van der Waals surface area contributed by atoms with E-state index in [0.717, 1.165) is 24.2 Å². The van der Waals surface area contributed by atoms with Crippen LogP contribution in [0.25, 0.3) is 0 Å². The Morgan fingerprint density at radius 1 is 1.18 bits per heavy atom. The van der Waals surface area contributed by atoms with E-state index in [4.69, 9.17) is 16.3 Å². The summed E-state index contributed by atoms with van der Waals surface area (Å²) >= 11 is 5.87. The lowest BCUT2D eigenvalue weighted by Crippen LogP contribution is -2.29. The molecule has 0 heterocycles. The third-order valence-corrected chi connectivity index (χ3v) is 3.42. The molecule has 2 amide bonds. The van der Waals surface area contributed by atoms with Gasteiger partial charge < -0.3 is 15.4 Å². The molecule has 0 aliphatic rings. The van der Waals surface area contributed by atoms with Gasteiger partial charge in [-0.3, -0.25) is 0 Å². The Balaban J connectivity index is 1.73. The van der Waals surface area contributed by atoms with Crippen LogP contribution < -0.4 is 15.4 Å². The van der Waals surface area contributed by atoms with E-state index in [2.05, 4.69) is 10.6 Å². The van der Waals surface area contributed by atoms with Crippen LogP contribution in [0.1, 0.15) is 12.0 Å². The van der Waals surface area contributed by atoms with Gasteiger partial charge in [0.25, 0.3) is 0 Å². The molecule has 0 fully saturated rings. The number of para-hydroxylation sites is 1. The van der Waals surface area contributed by atoms with Crippen LogP contribution in [-0.2, 0) is 6.42 Å². The number of benzene rings is 2. The number of anilines is 1. The predicted octanol–water partition coefficient (Wildman–Crippen LogP) is 4.10. The molecular weight excluding hydrogens is 300 g/mol. The van der Waals surface area contributed by atoms with Crippen molar-refractivity contribution >= 4 is 23.3 Å². The fraction of sp³-hybridized carbons (Fsp3) is 0.235. The molecule has 0 spiro atoms. The van der Waals surface area contributed by atoms with Crippen molar-refractivity contribution < 1.29 is 9.53 Å². The van der Waals surface area contributed by atoms with Crippen molar-refractivity contribution in [3.63, 3.8) is 0 Å². The Labute approximate surface area is 135 Å². The topological polar surface area (TPSA) is 50.4 Å². The SMILES string of the molecule is COc1ccccc1CCCNC(=O)Nc1cccc(Cl)c1. The smallest absolute Gasteiger partial charge is 0.319 e. The molecule has 4 nitrogen and oxygen atoms in total. The maximum absolute atomic E-state index is 11.8. The number of carbonyl (C=O) groups excluding carboxylic acids is 1. The molecule has 116 valence electrons. The molecule has 0 unspecified atom stereocenters. The minimum absolute atomic E-state index is 0.234. The van der Waals surface area contributed by atoms with E-state index in [0.29, 0.717) is 17.3 Å². The maximum atomic E-state index is 11.8. The number of halogens is 1. The van der Waals surface area contributed by atoms with E-state index in [9.17, 15) is 4.79 Å². The quantitative estimate of drug-likeness (QED) is 0.788. The molecule has 0 aromatic heterocycles. The van der Waals surface area contributed by atoms with E-state index >= 15 is 0 Å². The molecule has 22 heavy (non-hydrogen) atoms. The van der Waals surface area contributed by atoms with Crippen molar-refractivity contribution in [2.45, 2.75) is 12.8 Å². The van der Waals surface area contributed by atoms with Gasteiger partial charge in [0, 0.05) is 17.3 Å². The largest absolute Gasteiger partial charge is 0.496 e. The number of nitrogens with one attached hydrogen (secondary N) is 2. The van der Waals surface area contributed by atoms with E-state index in [1.807, 2.05) is 24.3 Å². The van der Waals surface area contributed by atoms with Gasteiger partial charge in [0.05, 0.1) is 7.11 Å². The van der Waals surface area contributed by atoms with Crippen LogP contribution in [0.15, 0.2) is 48.5 Å². The van der Waals surface area contributed by atoms with Gasteiger partial charge in [0.15, 0.2) is 0 Å². The van der Waals surface area contributed by atoms with Gasteiger partial charge in [0.1, 0.15) is 5.75 Å². The second-order valence-corrected chi connectivity index (χ2v) is 5.24. The Morgan fingerprint density at radius 2 is 2.00 bits per heavy atom. The summed E-state index contributed by atoms with van der Waals surface area (Å²) in [6, 6.07) is 14.7. The first-order chi connectivity index (χ1) is 10.7. The molecule has 0 aliphatic carbocycles. The minimum Gasteiger partial charge on any atom is -0.496 e. The lowest BCUT2D eigenvalue weighted by Gasteiger charge is -2.09. The Bertz CT molecular complexity index is 632. The second-order valence-electron chi connectivity index (χ2n) is 4.81. The normalized spacial score (nSPS) is 10.1. The fourth-order valence-corrected chi connectivity index (χ4v) is 2.32. The molecule has 0 atom stereocenters. The Morgan fingerprint density at radius 3 is 2.77 bits per heavy atom. The molecule has 2 rings (SSSR count). The Kier molecular flexibility index (Phi) is 6.10. The molecule has 5 heteroatoms. The summed E-state index contributed by atoms with van der Waals surface area (Å²) in [5.74, 6) is 0.880. The van der Waals surface area contributed by atoms with Gasteiger partial charge in [-0.25, -0.2) is 4.79 Å². The van der Waals surface area contributed by atoms with Gasteiger partial charge in [-0.1, -0.05) is 35.9 Å². The highest BCUT2D eigenvalue weighted by molar-refractivity contribution is 6.30. The van der Waals surface area contributed by atoms with Crippen LogP contribution in [0.5, 0.6) is 5.75 Å². The molecule has 2 N–H and O–H groups in total. The number of rotatable bonds is 6. The molecular formula is C17H19ClN2O2. The minimum atomic E-state index is -0.234. The monoisotopic (exact) mass is 318 g/mol. The highest BCUT2D eigenvalue weighted by Gasteiger charge is 2.03. The van der Waals surface area contributed by atoms with E-state index in [-0.39, 0.29) is 6.03 Å². The summed E-state index contributed by atoms with van der Waals surface area (Å²) in [6.07, 6.45) is 1.69. The average Bonchev–Trinajstić information content (AvgIpc) is 2.52. The van der Waals surface area contributed by atoms with Crippen LogP contribution in [0.3, 0.4) is 0 Å². The third-order valence-electron chi connectivity index (χ3n) is 3.18. The molecule has 2 aromatic carbocycles. The molecule has 0 radical (unpaired) electrons. The van der Waals surface area contributed by atoms with Crippen LogP contribution in [0, 0.1) is 0 Å². The third kappa shape index (κ3) is 4.97. The first kappa shape index (κ1) is 16.2. The van der Waals surface area contributed by atoms with Crippen molar-refractivity contribution in [3.05, 3.63) is 59.1 Å². The highest BCUT2D eigenvalue weighted by atomic mass is 35.5. The van der Waals surface area contributed by atoms with Crippen molar-refractivity contribution in [1.29, 1.82) is 0 Å². The summed E-state index contributed by atoms with van der Waals surface area (Å²) in [5, 5.41) is 6.16. The number of urea groups is 1. The molecule has 2 aromatic rings. The highest BCUT2D eigenvalue weighted by Crippen LogP contribution is 2.18. The maximum Gasteiger partial charge on any atom is 0.319 e. The predicted molar refractivity (Wildman–Crippen MR) is 89.8 cm³/mol. The number of carbonyl (C=O) groups is 1. The van der Waals surface area contributed by atoms with E-state index in [1.165, 1.54) is 0 Å². The van der Waals surface area contributed by atoms with Crippen LogP contribution in [0.4, 0.5) is 10.5 Å². The standard InChI is InChI=1S/C17H19ClN2O2/c1-22-16-10-3-2-6-13(16)7-5-11-19-17(21)20-15-9-4-8-14(18)12-15/h2-4,6,8-10,12H,5,7,11H2,1H3,(H2,19,20,21). The summed E-state index contributed by atoms with van der Waals surface area (Å²) < 4.78 is 5.30. The lowest BCUT2D eigenvalue weighted by atomic mass is 10.1. The number of ether oxygens (including phenoxy) is 1. The van der Waals surface area contributed by atoms with Crippen molar-refractivity contribution in [2.24, 2.45) is 0 Å². The average molecular weight is 319 g/mol. The van der Waals surface area contributed by atoms with Gasteiger partial charge in [-0.15, -0.1) is 0 Å². The van der Waals surface area contributed by atoms with Gasteiger partial charge >= 0.3 is 6.03 Å². The van der Waals surface area contributed by atoms with Crippen molar-refractivity contribution in [1.82, 2.24) is 5.32 Å². The van der Waals surface area contributed by atoms with Crippen molar-refractivity contribution in [2.75, 3.05) is 19.0 Å². The summed E-state index contributed by atoms with van der Waals surface area (Å²) in [7, 11) is 1.66. The zero-order valence-electron chi connectivity index (χ0n) is 12.4. The second kappa shape index (κ2) is 8.29. The molecule has 0 saturated heterocycles. The van der Waals surface area contributed by atoms with Gasteiger partial charge in [-0.05, 0) is 42.7 Å². The number of hydrogen-bond donors (Lipinski definition) is 2. The number of hydrogen-bond acceptors (Lipinski definition) is 2. The fourth-order valence-electron chi connectivity index (χ4n) is 2.13. The van der Waals surface area contributed by atoms with E-state index < -0.39 is 0 Å². The summed E-state index contributed by atoms with van der Waals surface area (Å²) in [6.45, 7) is 0.588. The lowest BCUT2D eigenvalue weighted by molar-refractivity contribution is 0.252.